The van der Waals surface area contributed by atoms with E-state index in [1.807, 2.05) is 0 Å². The van der Waals surface area contributed by atoms with E-state index in [2.05, 4.69) is 20.8 Å². The predicted molar refractivity (Wildman–Crippen MR) is 138 cm³/mol. The third kappa shape index (κ3) is 23.1. The van der Waals surface area contributed by atoms with Crippen LogP contribution in [0.5, 0.6) is 0 Å². The fourth-order valence-electron chi connectivity index (χ4n) is 3.93. The van der Waals surface area contributed by atoms with Crippen molar-refractivity contribution in [1.82, 2.24) is 0 Å². The largest absolute Gasteiger partial charge is 0.330 e. The first kappa shape index (κ1) is 31.1. The summed E-state index contributed by atoms with van der Waals surface area (Å²) in [6.45, 7) is 7.75. The second-order valence-corrected chi connectivity index (χ2v) is 11.6. The van der Waals surface area contributed by atoms with E-state index in [0.29, 0.717) is 19.4 Å². The highest BCUT2D eigenvalue weighted by Gasteiger charge is 2.23. The van der Waals surface area contributed by atoms with Gasteiger partial charge in [0.15, 0.2) is 0 Å². The summed E-state index contributed by atoms with van der Waals surface area (Å²) < 4.78 is 24.3. The average Bonchev–Trinajstić information content (AvgIpc) is 2.77. The van der Waals surface area contributed by atoms with Crippen LogP contribution in [0.3, 0.4) is 0 Å². The molecule has 0 saturated heterocycles. The Morgan fingerprint density at radius 3 is 1.10 bits per heavy atom. The molecule has 188 valence electrons. The van der Waals surface area contributed by atoms with Crippen molar-refractivity contribution in [2.45, 2.75) is 156 Å². The summed E-state index contributed by atoms with van der Waals surface area (Å²) in [5.41, 5.74) is 0. The zero-order valence-corrected chi connectivity index (χ0v) is 22.5. The molecule has 0 radical (unpaired) electrons. The van der Waals surface area contributed by atoms with Gasteiger partial charge in [0.05, 0.1) is 19.4 Å². The van der Waals surface area contributed by atoms with Gasteiger partial charge in [-0.3, -0.25) is 4.57 Å². The van der Waals surface area contributed by atoms with Crippen molar-refractivity contribution in [2.24, 2.45) is 0 Å². The molecule has 0 heterocycles. The van der Waals surface area contributed by atoms with Crippen molar-refractivity contribution in [2.75, 3.05) is 19.4 Å². The molecular weight excluding hydrogens is 403 g/mol. The Labute approximate surface area is 196 Å². The third-order valence-electron chi connectivity index (χ3n) is 6.11. The quantitative estimate of drug-likeness (QED) is 0.0951. The van der Waals surface area contributed by atoms with Crippen molar-refractivity contribution in [3.05, 3.63) is 0 Å². The average molecular weight is 461 g/mol. The molecule has 31 heavy (non-hydrogen) atoms. The molecule has 0 aliphatic carbocycles. The number of hydrogen-bond donors (Lipinski definition) is 0. The summed E-state index contributed by atoms with van der Waals surface area (Å²) in [6, 6.07) is 0. The zero-order chi connectivity index (χ0) is 22.9. The number of hydrogen-bond acceptors (Lipinski definition) is 3. The molecule has 4 heteroatoms. The normalized spacial score (nSPS) is 13.5. The van der Waals surface area contributed by atoms with Crippen molar-refractivity contribution < 1.29 is 13.6 Å². The molecule has 0 amide bonds. The van der Waals surface area contributed by atoms with Crippen molar-refractivity contribution in [3.63, 3.8) is 0 Å². The lowest BCUT2D eigenvalue weighted by Gasteiger charge is -2.18. The molecule has 0 bridgehead atoms. The van der Waals surface area contributed by atoms with Crippen LogP contribution in [0.1, 0.15) is 156 Å². The molecular formula is C27H57O3P. The summed E-state index contributed by atoms with van der Waals surface area (Å²) in [5, 5.41) is 0. The second kappa shape index (κ2) is 24.8. The van der Waals surface area contributed by atoms with Crippen LogP contribution in [0, 0.1) is 0 Å². The zero-order valence-electron chi connectivity index (χ0n) is 21.6. The van der Waals surface area contributed by atoms with Crippen LogP contribution in [0.2, 0.25) is 0 Å². The Bertz CT molecular complexity index is 387. The molecule has 0 aromatic heterocycles. The van der Waals surface area contributed by atoms with Gasteiger partial charge in [0.1, 0.15) is 0 Å². The van der Waals surface area contributed by atoms with Crippen molar-refractivity contribution in [3.8, 4) is 0 Å². The standard InChI is InChI=1S/C27H57O3P/c1-4-7-10-11-12-13-14-15-16-17-18-19-20-21-22-24-26-30-31(28,27-9-6-3)29-25-23-8-5-2/h4-27H2,1-3H3. The van der Waals surface area contributed by atoms with E-state index >= 15 is 0 Å². The maximum Gasteiger partial charge on any atom is 0.330 e. The van der Waals surface area contributed by atoms with Gasteiger partial charge in [-0.15, -0.1) is 0 Å². The summed E-state index contributed by atoms with van der Waals surface area (Å²) in [4.78, 5) is 0. The first-order valence-corrected chi connectivity index (χ1v) is 15.8. The van der Waals surface area contributed by atoms with E-state index in [-0.39, 0.29) is 0 Å². The van der Waals surface area contributed by atoms with Gasteiger partial charge in [-0.1, -0.05) is 136 Å². The van der Waals surface area contributed by atoms with Crippen LogP contribution in [-0.4, -0.2) is 19.4 Å². The molecule has 0 aromatic carbocycles. The molecule has 0 N–H and O–H groups in total. The van der Waals surface area contributed by atoms with Gasteiger partial charge in [0, 0.05) is 0 Å². The summed E-state index contributed by atoms with van der Waals surface area (Å²) in [7, 11) is -2.87. The van der Waals surface area contributed by atoms with Crippen LogP contribution in [0.15, 0.2) is 0 Å². The second-order valence-electron chi connectivity index (χ2n) is 9.36. The molecule has 0 saturated carbocycles. The number of unbranched alkanes of at least 4 members (excludes halogenated alkanes) is 18. The van der Waals surface area contributed by atoms with E-state index in [0.717, 1.165) is 38.5 Å². The molecule has 0 aliphatic heterocycles. The SMILES string of the molecule is CCCCCCCCCCCCCCCCCCOP(=O)(CCCC)OCCCCC. The Kier molecular flexibility index (Phi) is 24.9. The summed E-state index contributed by atoms with van der Waals surface area (Å²) in [5.74, 6) is 0. The van der Waals surface area contributed by atoms with E-state index in [1.54, 1.807) is 0 Å². The van der Waals surface area contributed by atoms with Gasteiger partial charge in [0.25, 0.3) is 0 Å². The molecule has 0 rings (SSSR count). The molecule has 3 nitrogen and oxygen atoms in total. The van der Waals surface area contributed by atoms with E-state index in [4.69, 9.17) is 9.05 Å². The van der Waals surface area contributed by atoms with Gasteiger partial charge in [0.2, 0.25) is 0 Å². The highest BCUT2D eigenvalue weighted by Crippen LogP contribution is 2.49. The lowest BCUT2D eigenvalue weighted by atomic mass is 10.0. The van der Waals surface area contributed by atoms with Crippen molar-refractivity contribution in [1.29, 1.82) is 0 Å². The summed E-state index contributed by atoms with van der Waals surface area (Å²) >= 11 is 0. The van der Waals surface area contributed by atoms with Crippen LogP contribution in [-0.2, 0) is 13.6 Å². The Morgan fingerprint density at radius 1 is 0.419 bits per heavy atom. The first-order chi connectivity index (χ1) is 15.2. The number of rotatable bonds is 26. The maximum absolute atomic E-state index is 12.9. The topological polar surface area (TPSA) is 35.5 Å². The fourth-order valence-corrected chi connectivity index (χ4v) is 5.78. The Morgan fingerprint density at radius 2 is 0.710 bits per heavy atom. The lowest BCUT2D eigenvalue weighted by Crippen LogP contribution is -2.03. The highest BCUT2D eigenvalue weighted by atomic mass is 31.2. The highest BCUT2D eigenvalue weighted by molar-refractivity contribution is 7.53. The smallest absolute Gasteiger partial charge is 0.309 e. The molecule has 0 aromatic rings. The molecule has 0 spiro atoms. The van der Waals surface area contributed by atoms with E-state index in [1.165, 1.54) is 96.3 Å². The molecule has 0 aliphatic rings. The lowest BCUT2D eigenvalue weighted by molar-refractivity contribution is 0.197. The van der Waals surface area contributed by atoms with Crippen LogP contribution < -0.4 is 0 Å². The van der Waals surface area contributed by atoms with Crippen LogP contribution >= 0.6 is 7.60 Å². The van der Waals surface area contributed by atoms with Crippen LogP contribution in [0.4, 0.5) is 0 Å². The minimum atomic E-state index is -2.87. The summed E-state index contributed by atoms with van der Waals surface area (Å²) in [6.07, 6.45) is 27.6. The third-order valence-corrected chi connectivity index (χ3v) is 8.12. The van der Waals surface area contributed by atoms with Gasteiger partial charge in [-0.2, -0.15) is 0 Å². The minimum absolute atomic E-state index is 0.577. The minimum Gasteiger partial charge on any atom is -0.309 e. The monoisotopic (exact) mass is 460 g/mol. The van der Waals surface area contributed by atoms with Gasteiger partial charge >= 0.3 is 7.60 Å². The van der Waals surface area contributed by atoms with Gasteiger partial charge < -0.3 is 9.05 Å². The Hall–Kier alpha value is 0.150. The van der Waals surface area contributed by atoms with Gasteiger partial charge in [-0.05, 0) is 19.3 Å². The molecule has 1 atom stereocenters. The van der Waals surface area contributed by atoms with Crippen molar-refractivity contribution >= 4 is 7.60 Å². The first-order valence-electron chi connectivity index (χ1n) is 14.1. The van der Waals surface area contributed by atoms with Crippen LogP contribution in [0.25, 0.3) is 0 Å². The molecule has 1 unspecified atom stereocenters. The fraction of sp³-hybridized carbons (Fsp3) is 1.00. The Balaban J connectivity index is 3.48. The maximum atomic E-state index is 12.9. The van der Waals surface area contributed by atoms with E-state index in [9.17, 15) is 4.57 Å². The van der Waals surface area contributed by atoms with Gasteiger partial charge in [-0.25, -0.2) is 0 Å². The molecule has 0 fully saturated rings. The predicted octanol–water partition coefficient (Wildman–Crippen LogP) is 10.5. The van der Waals surface area contributed by atoms with E-state index < -0.39 is 7.60 Å².